The van der Waals surface area contributed by atoms with Crippen LogP contribution in [0.4, 0.5) is 0 Å². The first-order valence-electron chi connectivity index (χ1n) is 4.64. The van der Waals surface area contributed by atoms with Crippen LogP contribution in [0.1, 0.15) is 19.8 Å². The number of nitrogens with one attached hydrogen (secondary N) is 2. The van der Waals surface area contributed by atoms with E-state index in [9.17, 15) is 4.79 Å². The van der Waals surface area contributed by atoms with Crippen molar-refractivity contribution >= 4 is 11.7 Å². The maximum absolute atomic E-state index is 11.0. The van der Waals surface area contributed by atoms with E-state index in [2.05, 4.69) is 15.8 Å². The van der Waals surface area contributed by atoms with Gasteiger partial charge >= 0.3 is 0 Å². The van der Waals surface area contributed by atoms with Crippen LogP contribution in [0.2, 0.25) is 0 Å². The monoisotopic (exact) mass is 202 g/mol. The molecule has 0 radical (unpaired) electrons. The van der Waals surface area contributed by atoms with E-state index in [4.69, 9.17) is 10.9 Å². The number of amides is 1. The SMILES string of the molecule is CCNC(=O)CCNCCC(N)=NO. The van der Waals surface area contributed by atoms with Crippen molar-refractivity contribution in [1.82, 2.24) is 10.6 Å². The molecular formula is C8H18N4O2. The fourth-order valence-electron chi connectivity index (χ4n) is 0.879. The minimum Gasteiger partial charge on any atom is -0.409 e. The molecule has 0 fully saturated rings. The van der Waals surface area contributed by atoms with Crippen LogP contribution in [-0.4, -0.2) is 36.6 Å². The minimum absolute atomic E-state index is 0.0313. The van der Waals surface area contributed by atoms with Crippen molar-refractivity contribution in [2.45, 2.75) is 19.8 Å². The third-order valence-electron chi connectivity index (χ3n) is 1.59. The molecule has 0 saturated heterocycles. The van der Waals surface area contributed by atoms with Crippen molar-refractivity contribution in [1.29, 1.82) is 0 Å². The summed E-state index contributed by atoms with van der Waals surface area (Å²) < 4.78 is 0. The van der Waals surface area contributed by atoms with Crippen molar-refractivity contribution in [2.24, 2.45) is 10.9 Å². The van der Waals surface area contributed by atoms with Crippen molar-refractivity contribution in [3.05, 3.63) is 0 Å². The number of amidine groups is 1. The molecule has 0 aromatic rings. The van der Waals surface area contributed by atoms with Crippen LogP contribution in [0, 0.1) is 0 Å². The Bertz CT molecular complexity index is 194. The van der Waals surface area contributed by atoms with Gasteiger partial charge in [-0.25, -0.2) is 0 Å². The Morgan fingerprint density at radius 3 is 2.64 bits per heavy atom. The number of oxime groups is 1. The minimum atomic E-state index is 0.0313. The summed E-state index contributed by atoms with van der Waals surface area (Å²) in [4.78, 5) is 11.0. The van der Waals surface area contributed by atoms with E-state index in [1.54, 1.807) is 0 Å². The van der Waals surface area contributed by atoms with Gasteiger partial charge in [-0.1, -0.05) is 5.16 Å². The van der Waals surface area contributed by atoms with Crippen LogP contribution in [0.15, 0.2) is 5.16 Å². The third kappa shape index (κ3) is 7.35. The highest BCUT2D eigenvalue weighted by molar-refractivity contribution is 5.79. The van der Waals surface area contributed by atoms with E-state index in [1.165, 1.54) is 0 Å². The molecule has 0 rings (SSSR count). The van der Waals surface area contributed by atoms with E-state index in [1.807, 2.05) is 6.92 Å². The molecule has 5 N–H and O–H groups in total. The van der Waals surface area contributed by atoms with Crippen LogP contribution < -0.4 is 16.4 Å². The predicted octanol–water partition coefficient (Wildman–Crippen LogP) is -0.761. The molecule has 0 unspecified atom stereocenters. The van der Waals surface area contributed by atoms with Crippen LogP contribution in [0.3, 0.4) is 0 Å². The zero-order chi connectivity index (χ0) is 10.8. The first-order chi connectivity index (χ1) is 6.70. The number of carbonyl (C=O) groups is 1. The molecule has 1 amide bonds. The van der Waals surface area contributed by atoms with Crippen LogP contribution >= 0.6 is 0 Å². The molecule has 0 heterocycles. The average Bonchev–Trinajstić information content (AvgIpc) is 2.17. The molecule has 6 heteroatoms. The summed E-state index contributed by atoms with van der Waals surface area (Å²) in [6, 6.07) is 0. The van der Waals surface area contributed by atoms with Gasteiger partial charge in [-0.15, -0.1) is 0 Å². The highest BCUT2D eigenvalue weighted by Gasteiger charge is 1.98. The summed E-state index contributed by atoms with van der Waals surface area (Å²) in [6.45, 7) is 3.74. The highest BCUT2D eigenvalue weighted by atomic mass is 16.4. The van der Waals surface area contributed by atoms with Gasteiger partial charge in [0.2, 0.25) is 5.91 Å². The van der Waals surface area contributed by atoms with Crippen LogP contribution in [0.25, 0.3) is 0 Å². The number of hydrogen-bond acceptors (Lipinski definition) is 4. The molecule has 82 valence electrons. The lowest BCUT2D eigenvalue weighted by Gasteiger charge is -2.03. The molecule has 0 aromatic carbocycles. The average molecular weight is 202 g/mol. The number of rotatable bonds is 7. The third-order valence-corrected chi connectivity index (χ3v) is 1.59. The summed E-state index contributed by atoms with van der Waals surface area (Å²) in [5.74, 6) is 0.222. The fourth-order valence-corrected chi connectivity index (χ4v) is 0.879. The van der Waals surface area contributed by atoms with Gasteiger partial charge in [0.15, 0.2) is 0 Å². The summed E-state index contributed by atoms with van der Waals surface area (Å²) in [5.41, 5.74) is 5.24. The van der Waals surface area contributed by atoms with E-state index >= 15 is 0 Å². The standard InChI is InChI=1S/C8H18N4O2/c1-2-11-8(13)4-6-10-5-3-7(9)12-14/h10,14H,2-6H2,1H3,(H2,9,12)(H,11,13). The molecule has 0 aliphatic heterocycles. The van der Waals surface area contributed by atoms with Crippen molar-refractivity contribution in [2.75, 3.05) is 19.6 Å². The zero-order valence-electron chi connectivity index (χ0n) is 8.42. The van der Waals surface area contributed by atoms with Gasteiger partial charge < -0.3 is 21.6 Å². The molecule has 6 nitrogen and oxygen atoms in total. The zero-order valence-corrected chi connectivity index (χ0v) is 8.42. The Hall–Kier alpha value is -1.30. The molecule has 0 saturated carbocycles. The van der Waals surface area contributed by atoms with E-state index in [0.717, 1.165) is 0 Å². The second-order valence-corrected chi connectivity index (χ2v) is 2.79. The van der Waals surface area contributed by atoms with Gasteiger partial charge in [0.1, 0.15) is 5.84 Å². The quantitative estimate of drug-likeness (QED) is 0.143. The van der Waals surface area contributed by atoms with Gasteiger partial charge in [-0.3, -0.25) is 4.79 Å². The maximum atomic E-state index is 11.0. The second kappa shape index (κ2) is 8.31. The Kier molecular flexibility index (Phi) is 7.53. The molecule has 0 aliphatic carbocycles. The van der Waals surface area contributed by atoms with Gasteiger partial charge in [0.25, 0.3) is 0 Å². The Balaban J connectivity index is 3.25. The van der Waals surface area contributed by atoms with Crippen LogP contribution in [0.5, 0.6) is 0 Å². The van der Waals surface area contributed by atoms with E-state index < -0.39 is 0 Å². The number of nitrogens with zero attached hydrogens (tertiary/aromatic N) is 1. The maximum Gasteiger partial charge on any atom is 0.221 e. The highest BCUT2D eigenvalue weighted by Crippen LogP contribution is 1.79. The summed E-state index contributed by atoms with van der Waals surface area (Å²) in [7, 11) is 0. The van der Waals surface area contributed by atoms with Gasteiger partial charge in [-0.2, -0.15) is 0 Å². The first kappa shape index (κ1) is 12.7. The Morgan fingerprint density at radius 2 is 2.07 bits per heavy atom. The summed E-state index contributed by atoms with van der Waals surface area (Å²) in [6.07, 6.45) is 0.926. The largest absolute Gasteiger partial charge is 0.409 e. The predicted molar refractivity (Wildman–Crippen MR) is 54.2 cm³/mol. The second-order valence-electron chi connectivity index (χ2n) is 2.79. The van der Waals surface area contributed by atoms with E-state index in [-0.39, 0.29) is 11.7 Å². The Labute approximate surface area is 83.5 Å². The lowest BCUT2D eigenvalue weighted by atomic mass is 10.3. The first-order valence-corrected chi connectivity index (χ1v) is 4.64. The number of nitrogens with two attached hydrogens (primary N) is 1. The van der Waals surface area contributed by atoms with Crippen molar-refractivity contribution in [3.63, 3.8) is 0 Å². The van der Waals surface area contributed by atoms with Crippen LogP contribution in [-0.2, 0) is 4.79 Å². The topological polar surface area (TPSA) is 99.7 Å². The normalized spacial score (nSPS) is 11.4. The van der Waals surface area contributed by atoms with Gasteiger partial charge in [0.05, 0.1) is 0 Å². The summed E-state index contributed by atoms with van der Waals surface area (Å²) in [5, 5.41) is 16.7. The molecule has 0 aliphatic rings. The molecule has 0 atom stereocenters. The molecule has 0 aromatic heterocycles. The van der Waals surface area contributed by atoms with Crippen molar-refractivity contribution in [3.8, 4) is 0 Å². The van der Waals surface area contributed by atoms with Gasteiger partial charge in [0, 0.05) is 32.5 Å². The molecular weight excluding hydrogens is 184 g/mol. The molecule has 0 spiro atoms. The van der Waals surface area contributed by atoms with Gasteiger partial charge in [-0.05, 0) is 6.92 Å². The molecule has 14 heavy (non-hydrogen) atoms. The Morgan fingerprint density at radius 1 is 1.43 bits per heavy atom. The lowest BCUT2D eigenvalue weighted by Crippen LogP contribution is -2.29. The fraction of sp³-hybridized carbons (Fsp3) is 0.750. The lowest BCUT2D eigenvalue weighted by molar-refractivity contribution is -0.120. The summed E-state index contributed by atoms with van der Waals surface area (Å²) >= 11 is 0. The molecule has 0 bridgehead atoms. The number of hydrogen-bond donors (Lipinski definition) is 4. The van der Waals surface area contributed by atoms with Crippen molar-refractivity contribution < 1.29 is 10.0 Å². The van der Waals surface area contributed by atoms with E-state index in [0.29, 0.717) is 32.5 Å². The number of carbonyl (C=O) groups excluding carboxylic acids is 1. The smallest absolute Gasteiger partial charge is 0.221 e.